The highest BCUT2D eigenvalue weighted by Crippen LogP contribution is 2.34. The van der Waals surface area contributed by atoms with Gasteiger partial charge < -0.3 is 20.7 Å². The van der Waals surface area contributed by atoms with Crippen LogP contribution in [0.1, 0.15) is 38.6 Å². The number of fused-ring (bicyclic) bond motifs is 2. The number of rotatable bonds is 6. The number of piperidine rings is 1. The van der Waals surface area contributed by atoms with E-state index < -0.39 is 6.04 Å². The Balaban J connectivity index is 1.67. The van der Waals surface area contributed by atoms with Crippen molar-refractivity contribution in [2.45, 2.75) is 38.6 Å². The van der Waals surface area contributed by atoms with E-state index >= 15 is 0 Å². The minimum Gasteiger partial charge on any atom is -0.508 e. The molecule has 1 aliphatic heterocycles. The predicted molar refractivity (Wildman–Crippen MR) is 133 cm³/mol. The summed E-state index contributed by atoms with van der Waals surface area (Å²) in [6, 6.07) is 5.99. The second kappa shape index (κ2) is 9.21. The number of nitrogens with two attached hydrogens (primary N) is 1. The van der Waals surface area contributed by atoms with Gasteiger partial charge in [-0.3, -0.25) is 9.59 Å². The number of aromatic nitrogens is 5. The zero-order valence-corrected chi connectivity index (χ0v) is 19.4. The number of aromatic hydroxyl groups is 1. The van der Waals surface area contributed by atoms with Gasteiger partial charge in [-0.05, 0) is 56.5 Å². The molecule has 1 amide bonds. The van der Waals surface area contributed by atoms with Crippen LogP contribution in [0.4, 0.5) is 5.82 Å². The molecule has 0 radical (unpaired) electrons. The Hall–Kier alpha value is -4.21. The molecule has 10 nitrogen and oxygen atoms in total. The summed E-state index contributed by atoms with van der Waals surface area (Å²) < 4.78 is 1.52. The lowest BCUT2D eigenvalue weighted by molar-refractivity contribution is -0.137. The van der Waals surface area contributed by atoms with Crippen LogP contribution in [0.3, 0.4) is 0 Å². The van der Waals surface area contributed by atoms with Crippen LogP contribution in [0.2, 0.25) is 0 Å². The van der Waals surface area contributed by atoms with Gasteiger partial charge in [-0.25, -0.2) is 14.6 Å². The number of hydrogen-bond acceptors (Lipinski definition) is 7. The summed E-state index contributed by atoms with van der Waals surface area (Å²) in [5.41, 5.74) is 8.57. The Morgan fingerprint density at radius 3 is 2.77 bits per heavy atom. The van der Waals surface area contributed by atoms with E-state index in [9.17, 15) is 14.7 Å². The number of hydrogen-bond donors (Lipinski definition) is 3. The van der Waals surface area contributed by atoms with Gasteiger partial charge in [0.05, 0.1) is 11.1 Å². The third-order valence-electron chi connectivity index (χ3n) is 6.37. The zero-order chi connectivity index (χ0) is 24.5. The maximum Gasteiger partial charge on any atom is 0.248 e. The van der Waals surface area contributed by atoms with Gasteiger partial charge in [-0.15, -0.1) is 0 Å². The summed E-state index contributed by atoms with van der Waals surface area (Å²) in [7, 11) is 0. The smallest absolute Gasteiger partial charge is 0.248 e. The standard InChI is InChI=1S/C25H27N7O3/c1-2-6-16(33)13-20(25(35)31-9-4-3-5-10-31)32-24-21(23(26)27-14-28-24)22(30-32)19-12-15-11-17(34)7-8-18(15)29-19/h2,6-8,11-12,14,20,29,34H,3-5,9-10,13H2,1H3,(H2,26,27,28). The molecule has 1 saturated heterocycles. The molecule has 1 fully saturated rings. The molecule has 1 unspecified atom stereocenters. The first kappa shape index (κ1) is 22.6. The first-order valence-electron chi connectivity index (χ1n) is 11.7. The van der Waals surface area contributed by atoms with Crippen LogP contribution in [-0.4, -0.2) is 59.5 Å². The minimum atomic E-state index is -0.865. The number of phenolic OH excluding ortho intramolecular Hbond substituents is 1. The molecular weight excluding hydrogens is 446 g/mol. The first-order chi connectivity index (χ1) is 17.0. The molecule has 1 aromatic carbocycles. The average Bonchev–Trinajstić information content (AvgIpc) is 3.45. The topological polar surface area (TPSA) is 143 Å². The number of aromatic amines is 1. The van der Waals surface area contributed by atoms with E-state index in [0.29, 0.717) is 35.5 Å². The number of ketones is 1. The number of likely N-dealkylation sites (tertiary alicyclic amines) is 1. The Morgan fingerprint density at radius 1 is 1.20 bits per heavy atom. The van der Waals surface area contributed by atoms with Crippen LogP contribution in [0.5, 0.6) is 5.75 Å². The number of H-pyrrole nitrogens is 1. The van der Waals surface area contributed by atoms with E-state index in [1.807, 2.05) is 6.07 Å². The maximum atomic E-state index is 13.7. The normalized spacial score (nSPS) is 15.3. The molecule has 5 rings (SSSR count). The molecule has 3 aromatic heterocycles. The number of benzene rings is 1. The lowest BCUT2D eigenvalue weighted by Gasteiger charge is -2.30. The van der Waals surface area contributed by atoms with Crippen molar-refractivity contribution in [2.75, 3.05) is 18.8 Å². The van der Waals surface area contributed by atoms with E-state index in [-0.39, 0.29) is 29.7 Å². The van der Waals surface area contributed by atoms with Gasteiger partial charge in [0, 0.05) is 30.4 Å². The van der Waals surface area contributed by atoms with Crippen LogP contribution in [0, 0.1) is 0 Å². The molecule has 1 atom stereocenters. The van der Waals surface area contributed by atoms with Crippen LogP contribution >= 0.6 is 0 Å². The highest BCUT2D eigenvalue weighted by atomic mass is 16.3. The van der Waals surface area contributed by atoms with Gasteiger partial charge in [-0.1, -0.05) is 6.08 Å². The van der Waals surface area contributed by atoms with Crippen molar-refractivity contribution >= 4 is 39.4 Å². The molecule has 0 aliphatic carbocycles. The van der Waals surface area contributed by atoms with E-state index in [1.54, 1.807) is 36.1 Å². The van der Waals surface area contributed by atoms with E-state index in [4.69, 9.17) is 10.8 Å². The average molecular weight is 474 g/mol. The second-order valence-electron chi connectivity index (χ2n) is 8.78. The Morgan fingerprint density at radius 2 is 2.00 bits per heavy atom. The first-order valence-corrected chi connectivity index (χ1v) is 11.7. The van der Waals surface area contributed by atoms with Gasteiger partial charge in [0.2, 0.25) is 5.91 Å². The quantitative estimate of drug-likeness (QED) is 0.364. The van der Waals surface area contributed by atoms with Crippen molar-refractivity contribution < 1.29 is 14.7 Å². The van der Waals surface area contributed by atoms with Crippen LogP contribution in [0.25, 0.3) is 33.3 Å². The lowest BCUT2D eigenvalue weighted by Crippen LogP contribution is -2.41. The Kier molecular flexibility index (Phi) is 5.94. The number of amides is 1. The molecule has 4 heterocycles. The molecule has 35 heavy (non-hydrogen) atoms. The second-order valence-corrected chi connectivity index (χ2v) is 8.78. The van der Waals surface area contributed by atoms with Crippen molar-refractivity contribution in [3.05, 3.63) is 42.7 Å². The number of carbonyl (C=O) groups excluding carboxylic acids is 2. The fourth-order valence-corrected chi connectivity index (χ4v) is 4.70. The van der Waals surface area contributed by atoms with Gasteiger partial charge >= 0.3 is 0 Å². The number of phenols is 1. The van der Waals surface area contributed by atoms with Crippen LogP contribution in [0.15, 0.2) is 42.7 Å². The van der Waals surface area contributed by atoms with Crippen molar-refractivity contribution in [3.63, 3.8) is 0 Å². The summed E-state index contributed by atoms with van der Waals surface area (Å²) in [6.07, 6.45) is 7.38. The monoisotopic (exact) mass is 473 g/mol. The molecule has 180 valence electrons. The third kappa shape index (κ3) is 4.23. The Bertz CT molecular complexity index is 1450. The van der Waals surface area contributed by atoms with Gasteiger partial charge in [0.15, 0.2) is 11.4 Å². The van der Waals surface area contributed by atoms with Crippen LogP contribution < -0.4 is 5.73 Å². The zero-order valence-electron chi connectivity index (χ0n) is 19.4. The highest BCUT2D eigenvalue weighted by Gasteiger charge is 2.32. The number of allylic oxidation sites excluding steroid dienone is 2. The molecule has 4 N–H and O–H groups in total. The SMILES string of the molecule is CC=CC(=O)CC(C(=O)N1CCCCC1)n1nc(-c2cc3cc(O)ccc3[nH]2)c2c(N)ncnc21. The van der Waals surface area contributed by atoms with Gasteiger partial charge in [-0.2, -0.15) is 5.10 Å². The number of carbonyl (C=O) groups is 2. The van der Waals surface area contributed by atoms with Gasteiger partial charge in [0.25, 0.3) is 0 Å². The summed E-state index contributed by atoms with van der Waals surface area (Å²) in [5.74, 6) is 0.0473. The number of nitrogens with one attached hydrogen (secondary N) is 1. The molecule has 0 saturated carbocycles. The molecular formula is C25H27N7O3. The van der Waals surface area contributed by atoms with E-state index in [1.165, 1.54) is 17.1 Å². The largest absolute Gasteiger partial charge is 0.508 e. The Labute approximate surface area is 201 Å². The molecule has 4 aromatic rings. The molecule has 0 bridgehead atoms. The number of nitrogens with zero attached hydrogens (tertiary/aromatic N) is 5. The third-order valence-corrected chi connectivity index (χ3v) is 6.37. The molecule has 10 heteroatoms. The summed E-state index contributed by atoms with van der Waals surface area (Å²) in [6.45, 7) is 3.08. The maximum absolute atomic E-state index is 13.7. The lowest BCUT2D eigenvalue weighted by atomic mass is 10.1. The highest BCUT2D eigenvalue weighted by molar-refractivity contribution is 6.01. The number of anilines is 1. The van der Waals surface area contributed by atoms with Gasteiger partial charge in [0.1, 0.15) is 29.6 Å². The van der Waals surface area contributed by atoms with E-state index in [2.05, 4.69) is 15.0 Å². The summed E-state index contributed by atoms with van der Waals surface area (Å²) >= 11 is 0. The summed E-state index contributed by atoms with van der Waals surface area (Å²) in [4.78, 5) is 40.0. The van der Waals surface area contributed by atoms with Crippen molar-refractivity contribution in [3.8, 4) is 17.1 Å². The fraction of sp³-hybridized carbons (Fsp3) is 0.320. The molecule has 1 aliphatic rings. The minimum absolute atomic E-state index is 0.0413. The van der Waals surface area contributed by atoms with Crippen molar-refractivity contribution in [1.82, 2.24) is 29.6 Å². The van der Waals surface area contributed by atoms with Crippen LogP contribution in [-0.2, 0) is 9.59 Å². The van der Waals surface area contributed by atoms with Crippen molar-refractivity contribution in [1.29, 1.82) is 0 Å². The van der Waals surface area contributed by atoms with E-state index in [0.717, 1.165) is 30.2 Å². The molecule has 0 spiro atoms. The summed E-state index contributed by atoms with van der Waals surface area (Å²) in [5, 5.41) is 15.9. The predicted octanol–water partition coefficient (Wildman–Crippen LogP) is 3.35. The fourth-order valence-electron chi connectivity index (χ4n) is 4.70. The van der Waals surface area contributed by atoms with Crippen molar-refractivity contribution in [2.24, 2.45) is 0 Å². The number of nitrogen functional groups attached to an aromatic ring is 1.